The third kappa shape index (κ3) is 1.81. The Labute approximate surface area is 90.4 Å². The van der Waals surface area contributed by atoms with Gasteiger partial charge >= 0.3 is 5.97 Å². The van der Waals surface area contributed by atoms with E-state index < -0.39 is 5.60 Å². The van der Waals surface area contributed by atoms with Gasteiger partial charge in [0.2, 0.25) is 0 Å². The lowest BCUT2D eigenvalue weighted by molar-refractivity contribution is -0.162. The van der Waals surface area contributed by atoms with Gasteiger partial charge in [0.25, 0.3) is 0 Å². The topological polar surface area (TPSA) is 35.5 Å². The van der Waals surface area contributed by atoms with Gasteiger partial charge in [-0.25, -0.2) is 0 Å². The lowest BCUT2D eigenvalue weighted by Gasteiger charge is -2.31. The lowest BCUT2D eigenvalue weighted by Crippen LogP contribution is -2.40. The summed E-state index contributed by atoms with van der Waals surface area (Å²) in [6.07, 6.45) is 5.03. The van der Waals surface area contributed by atoms with Gasteiger partial charge in [0.05, 0.1) is 11.7 Å². The molecule has 0 bridgehead atoms. The summed E-state index contributed by atoms with van der Waals surface area (Å²) in [5.74, 6) is -0.103. The van der Waals surface area contributed by atoms with E-state index >= 15 is 0 Å². The third-order valence-electron chi connectivity index (χ3n) is 3.60. The lowest BCUT2D eigenvalue weighted by atomic mass is 9.92. The molecular weight excluding hydrogens is 192 g/mol. The fourth-order valence-corrected chi connectivity index (χ4v) is 2.38. The van der Waals surface area contributed by atoms with Crippen LogP contribution < -0.4 is 0 Å². The Morgan fingerprint density at radius 3 is 2.67 bits per heavy atom. The molecule has 3 atom stereocenters. The summed E-state index contributed by atoms with van der Waals surface area (Å²) in [4.78, 5) is 11.1. The van der Waals surface area contributed by atoms with E-state index in [1.165, 1.54) is 0 Å². The Morgan fingerprint density at radius 2 is 2.20 bits per heavy atom. The standard InChI is InChI=1S/C12H18O3/c1-4-11(2)7-5-9(14-11)12(3)8-6-10(13)15-12/h4,9H,1,5-8H2,2-3H3. The van der Waals surface area contributed by atoms with Gasteiger partial charge in [-0.2, -0.15) is 0 Å². The summed E-state index contributed by atoms with van der Waals surface area (Å²) in [5, 5.41) is 0. The number of hydrogen-bond donors (Lipinski definition) is 0. The Balaban J connectivity index is 2.07. The van der Waals surface area contributed by atoms with Crippen molar-refractivity contribution in [1.29, 1.82) is 0 Å². The minimum absolute atomic E-state index is 0.0203. The van der Waals surface area contributed by atoms with Crippen molar-refractivity contribution in [2.45, 2.75) is 56.8 Å². The molecule has 0 saturated carbocycles. The fourth-order valence-electron chi connectivity index (χ4n) is 2.38. The highest BCUT2D eigenvalue weighted by Crippen LogP contribution is 2.41. The predicted octanol–water partition coefficient (Wildman–Crippen LogP) is 2.21. The average molecular weight is 210 g/mol. The molecule has 3 nitrogen and oxygen atoms in total. The summed E-state index contributed by atoms with van der Waals surface area (Å²) in [5.41, 5.74) is -0.666. The minimum Gasteiger partial charge on any atom is -0.457 e. The molecule has 2 heterocycles. The van der Waals surface area contributed by atoms with Crippen molar-refractivity contribution < 1.29 is 14.3 Å². The molecule has 15 heavy (non-hydrogen) atoms. The molecule has 3 unspecified atom stereocenters. The molecule has 0 N–H and O–H groups in total. The van der Waals surface area contributed by atoms with Crippen LogP contribution in [0, 0.1) is 0 Å². The molecular formula is C12H18O3. The maximum atomic E-state index is 11.1. The highest BCUT2D eigenvalue weighted by molar-refractivity contribution is 5.72. The molecule has 0 amide bonds. The molecule has 0 aromatic heterocycles. The quantitative estimate of drug-likeness (QED) is 0.518. The number of carbonyl (C=O) groups is 1. The molecule has 84 valence electrons. The first kappa shape index (κ1) is 10.7. The van der Waals surface area contributed by atoms with Crippen LogP contribution in [0.5, 0.6) is 0 Å². The number of cyclic esters (lactones) is 1. The molecule has 0 aromatic rings. The smallest absolute Gasteiger partial charge is 0.306 e. The first-order chi connectivity index (χ1) is 6.97. The van der Waals surface area contributed by atoms with E-state index in [2.05, 4.69) is 6.58 Å². The van der Waals surface area contributed by atoms with E-state index in [0.717, 1.165) is 19.3 Å². The van der Waals surface area contributed by atoms with Crippen molar-refractivity contribution >= 4 is 5.97 Å². The maximum Gasteiger partial charge on any atom is 0.306 e. The largest absolute Gasteiger partial charge is 0.457 e. The molecule has 0 spiro atoms. The first-order valence-electron chi connectivity index (χ1n) is 5.51. The Bertz CT molecular complexity index is 299. The SMILES string of the molecule is C=CC1(C)CCC(C2(C)CCC(=O)O2)O1. The zero-order chi connectivity index (χ0) is 11.1. The van der Waals surface area contributed by atoms with Crippen LogP contribution in [-0.2, 0) is 14.3 Å². The van der Waals surface area contributed by atoms with Crippen LogP contribution in [0.15, 0.2) is 12.7 Å². The second-order valence-corrected chi connectivity index (χ2v) is 4.95. The molecule has 3 heteroatoms. The average Bonchev–Trinajstić information content (AvgIpc) is 2.73. The van der Waals surface area contributed by atoms with E-state index in [-0.39, 0.29) is 17.7 Å². The summed E-state index contributed by atoms with van der Waals surface area (Å²) in [6.45, 7) is 7.78. The van der Waals surface area contributed by atoms with Crippen molar-refractivity contribution in [2.24, 2.45) is 0 Å². The molecule has 2 aliphatic heterocycles. The number of hydrogen-bond acceptors (Lipinski definition) is 3. The molecule has 0 aliphatic carbocycles. The van der Waals surface area contributed by atoms with Gasteiger partial charge < -0.3 is 9.47 Å². The second kappa shape index (κ2) is 3.34. The summed E-state index contributed by atoms with van der Waals surface area (Å²) < 4.78 is 11.3. The maximum absolute atomic E-state index is 11.1. The van der Waals surface area contributed by atoms with Crippen LogP contribution in [0.2, 0.25) is 0 Å². The van der Waals surface area contributed by atoms with Gasteiger partial charge in [-0.3, -0.25) is 4.79 Å². The number of carbonyl (C=O) groups excluding carboxylic acids is 1. The van der Waals surface area contributed by atoms with Crippen LogP contribution in [0.3, 0.4) is 0 Å². The van der Waals surface area contributed by atoms with Gasteiger partial charge in [0, 0.05) is 6.42 Å². The number of rotatable bonds is 2. The Hall–Kier alpha value is -0.830. The fraction of sp³-hybridized carbons (Fsp3) is 0.750. The Kier molecular flexibility index (Phi) is 2.38. The van der Waals surface area contributed by atoms with Crippen LogP contribution >= 0.6 is 0 Å². The number of esters is 1. The minimum atomic E-state index is -0.419. The van der Waals surface area contributed by atoms with Gasteiger partial charge in [-0.15, -0.1) is 6.58 Å². The molecule has 2 saturated heterocycles. The molecule has 0 radical (unpaired) electrons. The third-order valence-corrected chi connectivity index (χ3v) is 3.60. The second-order valence-electron chi connectivity index (χ2n) is 4.95. The van der Waals surface area contributed by atoms with E-state index in [9.17, 15) is 4.79 Å². The van der Waals surface area contributed by atoms with Gasteiger partial charge in [0.1, 0.15) is 5.60 Å². The summed E-state index contributed by atoms with van der Waals surface area (Å²) >= 11 is 0. The van der Waals surface area contributed by atoms with Gasteiger partial charge in [0.15, 0.2) is 0 Å². The monoisotopic (exact) mass is 210 g/mol. The van der Waals surface area contributed by atoms with E-state index in [1.54, 1.807) is 0 Å². The van der Waals surface area contributed by atoms with Crippen molar-refractivity contribution in [2.75, 3.05) is 0 Å². The molecule has 2 fully saturated rings. The van der Waals surface area contributed by atoms with Crippen molar-refractivity contribution in [3.63, 3.8) is 0 Å². The Morgan fingerprint density at radius 1 is 1.47 bits per heavy atom. The van der Waals surface area contributed by atoms with Crippen molar-refractivity contribution in [3.8, 4) is 0 Å². The highest BCUT2D eigenvalue weighted by atomic mass is 16.6. The summed E-state index contributed by atoms with van der Waals surface area (Å²) in [6, 6.07) is 0. The molecule has 2 rings (SSSR count). The highest BCUT2D eigenvalue weighted by Gasteiger charge is 2.49. The van der Waals surface area contributed by atoms with Crippen molar-refractivity contribution in [3.05, 3.63) is 12.7 Å². The van der Waals surface area contributed by atoms with E-state index in [4.69, 9.17) is 9.47 Å². The molecule has 0 aromatic carbocycles. The van der Waals surface area contributed by atoms with E-state index in [0.29, 0.717) is 6.42 Å². The first-order valence-corrected chi connectivity index (χ1v) is 5.51. The number of ether oxygens (including phenoxy) is 2. The van der Waals surface area contributed by atoms with Crippen LogP contribution in [0.1, 0.15) is 39.5 Å². The van der Waals surface area contributed by atoms with Crippen LogP contribution in [0.4, 0.5) is 0 Å². The summed E-state index contributed by atoms with van der Waals surface area (Å²) in [7, 11) is 0. The molecule has 2 aliphatic rings. The van der Waals surface area contributed by atoms with Gasteiger partial charge in [-0.05, 0) is 33.1 Å². The zero-order valence-electron chi connectivity index (χ0n) is 9.41. The van der Waals surface area contributed by atoms with Gasteiger partial charge in [-0.1, -0.05) is 6.08 Å². The predicted molar refractivity (Wildman–Crippen MR) is 56.4 cm³/mol. The van der Waals surface area contributed by atoms with Crippen LogP contribution in [0.25, 0.3) is 0 Å². The zero-order valence-corrected chi connectivity index (χ0v) is 9.41. The normalized spacial score (nSPS) is 45.5. The van der Waals surface area contributed by atoms with Crippen LogP contribution in [-0.4, -0.2) is 23.3 Å². The van der Waals surface area contributed by atoms with Crippen molar-refractivity contribution in [1.82, 2.24) is 0 Å². The van der Waals surface area contributed by atoms with E-state index in [1.807, 2.05) is 19.9 Å².